The van der Waals surface area contributed by atoms with E-state index in [2.05, 4.69) is 53.3 Å². The minimum absolute atomic E-state index is 0.147. The van der Waals surface area contributed by atoms with Gasteiger partial charge < -0.3 is 5.32 Å². The molecule has 0 spiro atoms. The summed E-state index contributed by atoms with van der Waals surface area (Å²) in [6, 6.07) is 11.1. The maximum Gasteiger partial charge on any atom is 0.124 e. The molecule has 21 heavy (non-hydrogen) atoms. The van der Waals surface area contributed by atoms with Gasteiger partial charge in [0, 0.05) is 15.5 Å². The molecule has 112 valence electrons. The third kappa shape index (κ3) is 4.53. The molecule has 0 aromatic heterocycles. The highest BCUT2D eigenvalue weighted by Gasteiger charge is 2.14. The van der Waals surface area contributed by atoms with Crippen molar-refractivity contribution in [2.75, 3.05) is 6.54 Å². The topological polar surface area (TPSA) is 12.0 Å². The van der Waals surface area contributed by atoms with Crippen molar-refractivity contribution >= 4 is 27.5 Å². The lowest BCUT2D eigenvalue weighted by molar-refractivity contribution is 0.548. The molecule has 0 radical (unpaired) electrons. The van der Waals surface area contributed by atoms with E-state index in [1.165, 1.54) is 23.3 Å². The minimum atomic E-state index is -0.304. The Morgan fingerprint density at radius 1 is 1.24 bits per heavy atom. The number of hydrogen-bond donors (Lipinski definition) is 1. The Kier molecular flexibility index (Phi) is 5.80. The predicted molar refractivity (Wildman–Crippen MR) is 90.4 cm³/mol. The Morgan fingerprint density at radius 3 is 2.62 bits per heavy atom. The molecule has 0 aliphatic heterocycles. The van der Waals surface area contributed by atoms with E-state index in [9.17, 15) is 4.39 Å². The number of likely N-dealkylation sites (N-methyl/N-ethyl adjacent to an activating group) is 1. The van der Waals surface area contributed by atoms with Crippen LogP contribution in [0.1, 0.15) is 29.7 Å². The smallest absolute Gasteiger partial charge is 0.124 e. The Bertz CT molecular complexity index is 610. The van der Waals surface area contributed by atoms with Crippen LogP contribution in [-0.2, 0) is 6.42 Å². The first-order valence-corrected chi connectivity index (χ1v) is 8.11. The van der Waals surface area contributed by atoms with Crippen LogP contribution in [0, 0.1) is 12.7 Å². The quantitative estimate of drug-likeness (QED) is 0.738. The van der Waals surface area contributed by atoms with Gasteiger partial charge in [-0.1, -0.05) is 46.6 Å². The number of aryl methyl sites for hydroxylation is 1. The van der Waals surface area contributed by atoms with Crippen molar-refractivity contribution in [1.29, 1.82) is 0 Å². The fourth-order valence-corrected chi connectivity index (χ4v) is 3.30. The third-order valence-electron chi connectivity index (χ3n) is 3.36. The second-order valence-corrected chi connectivity index (χ2v) is 6.43. The van der Waals surface area contributed by atoms with Gasteiger partial charge in [-0.25, -0.2) is 4.39 Å². The van der Waals surface area contributed by atoms with E-state index >= 15 is 0 Å². The summed E-state index contributed by atoms with van der Waals surface area (Å²) in [5.41, 5.74) is 3.35. The van der Waals surface area contributed by atoms with Gasteiger partial charge in [-0.05, 0) is 60.8 Å². The Morgan fingerprint density at radius 2 is 2.00 bits per heavy atom. The standard InChI is InChI=1S/C17H18BrClFN/c1-3-21-17(13-6-11(2)7-14(18)8-13)9-12-4-5-15(20)10-16(12)19/h4-8,10,17,21H,3,9H2,1-2H3. The Hall–Kier alpha value is -0.900. The van der Waals surface area contributed by atoms with E-state index in [0.717, 1.165) is 23.0 Å². The van der Waals surface area contributed by atoms with E-state index in [1.807, 2.05) is 0 Å². The average Bonchev–Trinajstić information content (AvgIpc) is 2.40. The molecule has 0 amide bonds. The zero-order chi connectivity index (χ0) is 15.4. The monoisotopic (exact) mass is 369 g/mol. The highest BCUT2D eigenvalue weighted by atomic mass is 79.9. The van der Waals surface area contributed by atoms with Crippen LogP contribution >= 0.6 is 27.5 Å². The van der Waals surface area contributed by atoms with Gasteiger partial charge >= 0.3 is 0 Å². The fraction of sp³-hybridized carbons (Fsp3) is 0.294. The van der Waals surface area contributed by atoms with E-state index in [4.69, 9.17) is 11.6 Å². The molecule has 1 atom stereocenters. The molecule has 1 N–H and O–H groups in total. The molecule has 0 bridgehead atoms. The maximum absolute atomic E-state index is 13.2. The van der Waals surface area contributed by atoms with Crippen molar-refractivity contribution in [3.63, 3.8) is 0 Å². The van der Waals surface area contributed by atoms with Crippen LogP contribution < -0.4 is 5.32 Å². The molecular formula is C17H18BrClFN. The summed E-state index contributed by atoms with van der Waals surface area (Å²) >= 11 is 9.69. The molecule has 0 saturated heterocycles. The van der Waals surface area contributed by atoms with Crippen molar-refractivity contribution in [3.05, 3.63) is 68.4 Å². The van der Waals surface area contributed by atoms with Crippen LogP contribution in [0.2, 0.25) is 5.02 Å². The summed E-state index contributed by atoms with van der Waals surface area (Å²) in [4.78, 5) is 0. The molecule has 2 aromatic rings. The first-order chi connectivity index (χ1) is 9.99. The molecule has 0 fully saturated rings. The van der Waals surface area contributed by atoms with Gasteiger partial charge in [-0.15, -0.1) is 0 Å². The van der Waals surface area contributed by atoms with Crippen molar-refractivity contribution in [1.82, 2.24) is 5.32 Å². The number of nitrogens with one attached hydrogen (secondary N) is 1. The molecular weight excluding hydrogens is 353 g/mol. The van der Waals surface area contributed by atoms with Gasteiger partial charge in [-0.2, -0.15) is 0 Å². The van der Waals surface area contributed by atoms with Crippen LogP contribution in [0.3, 0.4) is 0 Å². The van der Waals surface area contributed by atoms with E-state index in [0.29, 0.717) is 5.02 Å². The summed E-state index contributed by atoms with van der Waals surface area (Å²) in [5, 5.41) is 3.95. The number of halogens is 3. The highest BCUT2D eigenvalue weighted by molar-refractivity contribution is 9.10. The summed E-state index contributed by atoms with van der Waals surface area (Å²) in [7, 11) is 0. The summed E-state index contributed by atoms with van der Waals surface area (Å²) in [6.07, 6.45) is 0.725. The fourth-order valence-electron chi connectivity index (χ4n) is 2.43. The van der Waals surface area contributed by atoms with E-state index in [1.54, 1.807) is 6.07 Å². The highest BCUT2D eigenvalue weighted by Crippen LogP contribution is 2.27. The zero-order valence-electron chi connectivity index (χ0n) is 12.1. The van der Waals surface area contributed by atoms with Crippen molar-refractivity contribution in [2.24, 2.45) is 0 Å². The first-order valence-electron chi connectivity index (χ1n) is 6.94. The Labute approximate surface area is 138 Å². The molecule has 1 nitrogen and oxygen atoms in total. The van der Waals surface area contributed by atoms with Gasteiger partial charge in [-0.3, -0.25) is 0 Å². The van der Waals surface area contributed by atoms with Crippen LogP contribution in [-0.4, -0.2) is 6.54 Å². The Balaban J connectivity index is 2.30. The number of rotatable bonds is 5. The number of benzene rings is 2. The molecule has 2 aromatic carbocycles. The van der Waals surface area contributed by atoms with Gasteiger partial charge in [0.25, 0.3) is 0 Å². The normalized spacial score (nSPS) is 12.4. The molecule has 0 saturated carbocycles. The summed E-state index contributed by atoms with van der Waals surface area (Å²) < 4.78 is 14.2. The largest absolute Gasteiger partial charge is 0.310 e. The molecule has 2 rings (SSSR count). The molecule has 0 aliphatic rings. The van der Waals surface area contributed by atoms with Crippen molar-refractivity contribution in [3.8, 4) is 0 Å². The van der Waals surface area contributed by atoms with Crippen LogP contribution in [0.5, 0.6) is 0 Å². The van der Waals surface area contributed by atoms with Crippen molar-refractivity contribution in [2.45, 2.75) is 26.3 Å². The lowest BCUT2D eigenvalue weighted by Crippen LogP contribution is -2.23. The zero-order valence-corrected chi connectivity index (χ0v) is 14.4. The SMILES string of the molecule is CCNC(Cc1ccc(F)cc1Cl)c1cc(C)cc(Br)c1. The van der Waals surface area contributed by atoms with Gasteiger partial charge in [0.2, 0.25) is 0 Å². The summed E-state index contributed by atoms with van der Waals surface area (Å²) in [6.45, 7) is 5.00. The molecule has 4 heteroatoms. The number of hydrogen-bond acceptors (Lipinski definition) is 1. The average molecular weight is 371 g/mol. The lowest BCUT2D eigenvalue weighted by Gasteiger charge is -2.20. The second kappa shape index (κ2) is 7.39. The van der Waals surface area contributed by atoms with E-state index in [-0.39, 0.29) is 11.9 Å². The minimum Gasteiger partial charge on any atom is -0.310 e. The van der Waals surface area contributed by atoms with Crippen LogP contribution in [0.25, 0.3) is 0 Å². The molecule has 0 aliphatic carbocycles. The maximum atomic E-state index is 13.2. The molecule has 1 unspecified atom stereocenters. The van der Waals surface area contributed by atoms with Gasteiger partial charge in [0.1, 0.15) is 5.82 Å². The van der Waals surface area contributed by atoms with Gasteiger partial charge in [0.05, 0.1) is 0 Å². The van der Waals surface area contributed by atoms with Crippen molar-refractivity contribution < 1.29 is 4.39 Å². The summed E-state index contributed by atoms with van der Waals surface area (Å²) in [5.74, 6) is -0.304. The third-order valence-corrected chi connectivity index (χ3v) is 4.17. The van der Waals surface area contributed by atoms with E-state index < -0.39 is 0 Å². The first kappa shape index (κ1) is 16.5. The predicted octanol–water partition coefficient (Wildman–Crippen LogP) is 5.44. The molecule has 0 heterocycles. The second-order valence-electron chi connectivity index (χ2n) is 5.11. The van der Waals surface area contributed by atoms with Crippen LogP contribution in [0.4, 0.5) is 4.39 Å². The van der Waals surface area contributed by atoms with Gasteiger partial charge in [0.15, 0.2) is 0 Å². The lowest BCUT2D eigenvalue weighted by atomic mass is 9.97. The van der Waals surface area contributed by atoms with Crippen LogP contribution in [0.15, 0.2) is 40.9 Å².